The number of benzene rings is 1. The van der Waals surface area contributed by atoms with Gasteiger partial charge in [-0.2, -0.15) is 5.26 Å². The number of imide groups is 1. The second-order valence-electron chi connectivity index (χ2n) is 7.65. The lowest BCUT2D eigenvalue weighted by molar-refractivity contribution is -0.135. The molecule has 4 rings (SSSR count). The lowest BCUT2D eigenvalue weighted by Gasteiger charge is -2.25. The van der Waals surface area contributed by atoms with E-state index in [0.717, 1.165) is 17.7 Å². The highest BCUT2D eigenvalue weighted by molar-refractivity contribution is 6.09. The molecule has 2 heterocycles. The Morgan fingerprint density at radius 1 is 1.39 bits per heavy atom. The molecule has 4 amide bonds. The monoisotopic (exact) mass is 384 g/mol. The van der Waals surface area contributed by atoms with Crippen molar-refractivity contribution in [2.24, 2.45) is 5.92 Å². The SMILES string of the molecule is C[C@]1(c2ccc3c(c2)OCO3)NC(=O)N(CC(=O)N[C@](C)(C#N)C2CC2)C1=O. The zero-order chi connectivity index (χ0) is 20.1. The van der Waals surface area contributed by atoms with Gasteiger partial charge in [0, 0.05) is 0 Å². The summed E-state index contributed by atoms with van der Waals surface area (Å²) >= 11 is 0. The van der Waals surface area contributed by atoms with Crippen LogP contribution in [0.4, 0.5) is 4.79 Å². The summed E-state index contributed by atoms with van der Waals surface area (Å²) in [7, 11) is 0. The first-order valence-corrected chi connectivity index (χ1v) is 9.03. The van der Waals surface area contributed by atoms with Crippen LogP contribution in [-0.4, -0.2) is 41.6 Å². The third kappa shape index (κ3) is 2.81. The Kier molecular flexibility index (Phi) is 3.96. The average Bonchev–Trinajstić information content (AvgIpc) is 3.38. The number of carbonyl (C=O) groups is 3. The topological polar surface area (TPSA) is 121 Å². The Balaban J connectivity index is 1.51. The van der Waals surface area contributed by atoms with Gasteiger partial charge in [-0.05, 0) is 50.3 Å². The van der Waals surface area contributed by atoms with Gasteiger partial charge in [0.15, 0.2) is 11.5 Å². The van der Waals surface area contributed by atoms with Crippen LogP contribution in [0, 0.1) is 17.2 Å². The first-order chi connectivity index (χ1) is 13.3. The molecule has 0 aromatic heterocycles. The average molecular weight is 384 g/mol. The Bertz CT molecular complexity index is 921. The van der Waals surface area contributed by atoms with Crippen molar-refractivity contribution in [3.05, 3.63) is 23.8 Å². The van der Waals surface area contributed by atoms with Gasteiger partial charge in [-0.25, -0.2) is 4.79 Å². The van der Waals surface area contributed by atoms with Crippen molar-refractivity contribution in [1.82, 2.24) is 15.5 Å². The van der Waals surface area contributed by atoms with Crippen LogP contribution >= 0.6 is 0 Å². The molecule has 2 aliphatic heterocycles. The number of ether oxygens (including phenoxy) is 2. The van der Waals surface area contributed by atoms with Crippen LogP contribution in [0.15, 0.2) is 18.2 Å². The maximum absolute atomic E-state index is 13.0. The molecular formula is C19H20N4O5. The fourth-order valence-corrected chi connectivity index (χ4v) is 3.60. The van der Waals surface area contributed by atoms with Crippen LogP contribution in [0.25, 0.3) is 0 Å². The maximum atomic E-state index is 13.0. The normalized spacial score (nSPS) is 25.1. The molecule has 3 aliphatic rings. The molecule has 1 saturated carbocycles. The molecule has 0 spiro atoms. The van der Waals surface area contributed by atoms with Crippen molar-refractivity contribution in [1.29, 1.82) is 5.26 Å². The summed E-state index contributed by atoms with van der Waals surface area (Å²) in [4.78, 5) is 38.7. The molecule has 1 aromatic rings. The minimum Gasteiger partial charge on any atom is -0.454 e. The summed E-state index contributed by atoms with van der Waals surface area (Å²) in [6.07, 6.45) is 1.74. The molecule has 1 aromatic carbocycles. The number of nitrogens with one attached hydrogen (secondary N) is 2. The molecular weight excluding hydrogens is 364 g/mol. The molecule has 0 unspecified atom stereocenters. The second kappa shape index (κ2) is 6.12. The third-order valence-corrected chi connectivity index (χ3v) is 5.55. The fourth-order valence-electron chi connectivity index (χ4n) is 3.60. The van der Waals surface area contributed by atoms with Crippen molar-refractivity contribution in [2.75, 3.05) is 13.3 Å². The standard InChI is InChI=1S/C19H20N4O5/c1-18(9-20,11-3-4-11)21-15(24)8-23-16(25)19(2,22-17(23)26)12-5-6-13-14(7-12)28-10-27-13/h5-7,11H,3-4,8,10H2,1-2H3,(H,21,24)(H,22,26)/t18-,19-/m1/s1. The van der Waals surface area contributed by atoms with Crippen LogP contribution in [0.3, 0.4) is 0 Å². The quantitative estimate of drug-likeness (QED) is 0.731. The van der Waals surface area contributed by atoms with Crippen molar-refractivity contribution >= 4 is 17.8 Å². The van der Waals surface area contributed by atoms with E-state index in [2.05, 4.69) is 16.7 Å². The summed E-state index contributed by atoms with van der Waals surface area (Å²) in [5.41, 5.74) is -1.79. The molecule has 146 valence electrons. The summed E-state index contributed by atoms with van der Waals surface area (Å²) < 4.78 is 10.6. The van der Waals surface area contributed by atoms with E-state index in [9.17, 15) is 19.6 Å². The van der Waals surface area contributed by atoms with Crippen molar-refractivity contribution in [3.63, 3.8) is 0 Å². The zero-order valence-corrected chi connectivity index (χ0v) is 15.6. The van der Waals surface area contributed by atoms with Crippen LogP contribution in [-0.2, 0) is 15.1 Å². The van der Waals surface area contributed by atoms with Crippen LogP contribution in [0.1, 0.15) is 32.3 Å². The predicted octanol–water partition coefficient (Wildman–Crippen LogP) is 0.991. The zero-order valence-electron chi connectivity index (χ0n) is 15.6. The van der Waals surface area contributed by atoms with E-state index in [-0.39, 0.29) is 12.7 Å². The van der Waals surface area contributed by atoms with Gasteiger partial charge in [0.1, 0.15) is 17.6 Å². The van der Waals surface area contributed by atoms with E-state index in [1.165, 1.54) is 0 Å². The smallest absolute Gasteiger partial charge is 0.325 e. The number of carbonyl (C=O) groups excluding carboxylic acids is 3. The van der Waals surface area contributed by atoms with Gasteiger partial charge in [0.05, 0.1) is 6.07 Å². The molecule has 28 heavy (non-hydrogen) atoms. The van der Waals surface area contributed by atoms with E-state index in [0.29, 0.717) is 17.1 Å². The van der Waals surface area contributed by atoms with Gasteiger partial charge < -0.3 is 20.1 Å². The lowest BCUT2D eigenvalue weighted by atomic mass is 9.91. The van der Waals surface area contributed by atoms with Crippen LogP contribution in [0.5, 0.6) is 11.5 Å². The number of amides is 4. The van der Waals surface area contributed by atoms with E-state index < -0.39 is 35.5 Å². The van der Waals surface area contributed by atoms with Gasteiger partial charge in [0.2, 0.25) is 12.7 Å². The summed E-state index contributed by atoms with van der Waals surface area (Å²) in [5, 5.41) is 14.7. The molecule has 1 saturated heterocycles. The first kappa shape index (κ1) is 18.1. The van der Waals surface area contributed by atoms with E-state index in [4.69, 9.17) is 9.47 Å². The van der Waals surface area contributed by atoms with Crippen LogP contribution < -0.4 is 20.1 Å². The number of rotatable bonds is 5. The minimum absolute atomic E-state index is 0.0980. The summed E-state index contributed by atoms with van der Waals surface area (Å²) in [5.74, 6) is 0.0665. The van der Waals surface area contributed by atoms with E-state index in [1.54, 1.807) is 32.0 Å². The van der Waals surface area contributed by atoms with Crippen LogP contribution in [0.2, 0.25) is 0 Å². The van der Waals surface area contributed by atoms with Crippen molar-refractivity contribution < 1.29 is 23.9 Å². The van der Waals surface area contributed by atoms with E-state index >= 15 is 0 Å². The number of hydrogen-bond acceptors (Lipinski definition) is 6. The third-order valence-electron chi connectivity index (χ3n) is 5.55. The summed E-state index contributed by atoms with van der Waals surface area (Å²) in [6.45, 7) is 2.88. The molecule has 9 heteroatoms. The number of nitriles is 1. The largest absolute Gasteiger partial charge is 0.454 e. The fraction of sp³-hybridized carbons (Fsp3) is 0.474. The molecule has 9 nitrogen and oxygen atoms in total. The molecule has 0 radical (unpaired) electrons. The van der Waals surface area contributed by atoms with Gasteiger partial charge in [-0.1, -0.05) is 6.07 Å². The van der Waals surface area contributed by atoms with Gasteiger partial charge in [0.25, 0.3) is 5.91 Å². The second-order valence-corrected chi connectivity index (χ2v) is 7.65. The molecule has 1 aliphatic carbocycles. The Morgan fingerprint density at radius 3 is 2.79 bits per heavy atom. The number of urea groups is 1. The summed E-state index contributed by atoms with van der Waals surface area (Å²) in [6, 6.07) is 6.45. The molecule has 2 atom stereocenters. The molecule has 2 N–H and O–H groups in total. The number of hydrogen-bond donors (Lipinski definition) is 2. The Labute approximate surface area is 161 Å². The minimum atomic E-state index is -1.33. The van der Waals surface area contributed by atoms with E-state index in [1.807, 2.05) is 0 Å². The highest BCUT2D eigenvalue weighted by Crippen LogP contribution is 2.39. The van der Waals surface area contributed by atoms with Gasteiger partial charge in [-0.3, -0.25) is 14.5 Å². The predicted molar refractivity (Wildman–Crippen MR) is 95.0 cm³/mol. The number of nitrogens with zero attached hydrogens (tertiary/aromatic N) is 2. The van der Waals surface area contributed by atoms with Crippen molar-refractivity contribution in [2.45, 2.75) is 37.8 Å². The Morgan fingerprint density at radius 2 is 2.11 bits per heavy atom. The first-order valence-electron chi connectivity index (χ1n) is 9.03. The lowest BCUT2D eigenvalue weighted by Crippen LogP contribution is -2.51. The number of fused-ring (bicyclic) bond motifs is 1. The Hall–Kier alpha value is -3.28. The van der Waals surface area contributed by atoms with Crippen molar-refractivity contribution in [3.8, 4) is 17.6 Å². The maximum Gasteiger partial charge on any atom is 0.325 e. The van der Waals surface area contributed by atoms with Gasteiger partial charge >= 0.3 is 6.03 Å². The molecule has 0 bridgehead atoms. The highest BCUT2D eigenvalue weighted by Gasteiger charge is 2.50. The molecule has 2 fully saturated rings. The van der Waals surface area contributed by atoms with Gasteiger partial charge in [-0.15, -0.1) is 0 Å². The highest BCUT2D eigenvalue weighted by atomic mass is 16.7.